The maximum atomic E-state index is 6.04. The van der Waals surface area contributed by atoms with Gasteiger partial charge in [0.15, 0.2) is 0 Å². The van der Waals surface area contributed by atoms with Gasteiger partial charge in [0.05, 0.1) is 11.3 Å². The molecule has 0 spiro atoms. The van der Waals surface area contributed by atoms with Crippen LogP contribution in [0.3, 0.4) is 0 Å². The summed E-state index contributed by atoms with van der Waals surface area (Å²) in [5.74, 6) is 0.500. The topological polar surface area (TPSA) is 51.8 Å². The SMILES string of the molecule is Nc1ncnc(-c2ccccc2)c1-c1ccccc1. The molecule has 0 fully saturated rings. The molecule has 2 aromatic carbocycles. The van der Waals surface area contributed by atoms with Crippen molar-refractivity contribution in [1.82, 2.24) is 9.97 Å². The van der Waals surface area contributed by atoms with Gasteiger partial charge in [-0.1, -0.05) is 60.7 Å². The van der Waals surface area contributed by atoms with Crippen molar-refractivity contribution in [3.05, 3.63) is 67.0 Å². The second-order valence-corrected chi connectivity index (χ2v) is 4.21. The zero-order valence-corrected chi connectivity index (χ0v) is 10.3. The first-order valence-electron chi connectivity index (χ1n) is 6.07. The summed E-state index contributed by atoms with van der Waals surface area (Å²) in [4.78, 5) is 8.50. The number of anilines is 1. The predicted octanol–water partition coefficient (Wildman–Crippen LogP) is 3.39. The van der Waals surface area contributed by atoms with Gasteiger partial charge in [0.25, 0.3) is 0 Å². The number of nitrogen functional groups attached to an aromatic ring is 1. The lowest BCUT2D eigenvalue weighted by atomic mass is 10.00. The molecule has 3 nitrogen and oxygen atoms in total. The van der Waals surface area contributed by atoms with Crippen LogP contribution < -0.4 is 5.73 Å². The highest BCUT2D eigenvalue weighted by Crippen LogP contribution is 2.33. The Kier molecular flexibility index (Phi) is 2.94. The molecule has 0 aliphatic rings. The lowest BCUT2D eigenvalue weighted by Crippen LogP contribution is -1.98. The van der Waals surface area contributed by atoms with Gasteiger partial charge in [-0.15, -0.1) is 0 Å². The van der Waals surface area contributed by atoms with Crippen LogP contribution in [0.5, 0.6) is 0 Å². The molecule has 3 aromatic rings. The summed E-state index contributed by atoms with van der Waals surface area (Å²) < 4.78 is 0. The molecule has 3 rings (SSSR count). The monoisotopic (exact) mass is 247 g/mol. The molecule has 3 heteroatoms. The van der Waals surface area contributed by atoms with Gasteiger partial charge in [0, 0.05) is 5.56 Å². The van der Waals surface area contributed by atoms with Crippen molar-refractivity contribution >= 4 is 5.82 Å². The molecule has 0 aliphatic heterocycles. The lowest BCUT2D eigenvalue weighted by Gasteiger charge is -2.10. The molecule has 0 bridgehead atoms. The first-order valence-corrected chi connectivity index (χ1v) is 6.07. The Morgan fingerprint density at radius 3 is 1.89 bits per heavy atom. The smallest absolute Gasteiger partial charge is 0.135 e. The molecule has 92 valence electrons. The van der Waals surface area contributed by atoms with E-state index in [-0.39, 0.29) is 0 Å². The molecule has 1 heterocycles. The molecule has 19 heavy (non-hydrogen) atoms. The normalized spacial score (nSPS) is 10.3. The number of nitrogens with zero attached hydrogens (tertiary/aromatic N) is 2. The Morgan fingerprint density at radius 1 is 0.684 bits per heavy atom. The van der Waals surface area contributed by atoms with Crippen LogP contribution >= 0.6 is 0 Å². The van der Waals surface area contributed by atoms with E-state index < -0.39 is 0 Å². The van der Waals surface area contributed by atoms with Gasteiger partial charge in [0.1, 0.15) is 12.1 Å². The minimum absolute atomic E-state index is 0.500. The summed E-state index contributed by atoms with van der Waals surface area (Å²) in [5.41, 5.74) is 9.85. The van der Waals surface area contributed by atoms with Crippen LogP contribution in [0.1, 0.15) is 0 Å². The highest BCUT2D eigenvalue weighted by Gasteiger charge is 2.12. The Morgan fingerprint density at radius 2 is 1.26 bits per heavy atom. The van der Waals surface area contributed by atoms with Gasteiger partial charge in [-0.05, 0) is 5.56 Å². The Labute approximate surface area is 111 Å². The second kappa shape index (κ2) is 4.90. The highest BCUT2D eigenvalue weighted by atomic mass is 14.9. The third kappa shape index (κ3) is 2.18. The molecule has 0 aliphatic carbocycles. The molecule has 0 radical (unpaired) electrons. The van der Waals surface area contributed by atoms with E-state index in [0.717, 1.165) is 22.4 Å². The van der Waals surface area contributed by atoms with Crippen molar-refractivity contribution in [2.75, 3.05) is 5.73 Å². The molecule has 2 N–H and O–H groups in total. The predicted molar refractivity (Wildman–Crippen MR) is 77.3 cm³/mol. The summed E-state index contributed by atoms with van der Waals surface area (Å²) in [5, 5.41) is 0. The number of hydrogen-bond donors (Lipinski definition) is 1. The average Bonchev–Trinajstić information content (AvgIpc) is 2.49. The molecule has 0 amide bonds. The fourth-order valence-electron chi connectivity index (χ4n) is 2.10. The largest absolute Gasteiger partial charge is 0.383 e. The third-order valence-electron chi connectivity index (χ3n) is 2.99. The van der Waals surface area contributed by atoms with Gasteiger partial charge in [-0.25, -0.2) is 9.97 Å². The van der Waals surface area contributed by atoms with Crippen molar-refractivity contribution < 1.29 is 0 Å². The van der Waals surface area contributed by atoms with Crippen LogP contribution in [0.2, 0.25) is 0 Å². The number of rotatable bonds is 2. The van der Waals surface area contributed by atoms with E-state index in [1.807, 2.05) is 60.7 Å². The molecule has 0 saturated heterocycles. The van der Waals surface area contributed by atoms with Crippen LogP contribution in [0.15, 0.2) is 67.0 Å². The number of hydrogen-bond acceptors (Lipinski definition) is 3. The number of aromatic nitrogens is 2. The summed E-state index contributed by atoms with van der Waals surface area (Å²) in [6.07, 6.45) is 1.50. The molecule has 0 unspecified atom stereocenters. The summed E-state index contributed by atoms with van der Waals surface area (Å²) in [6, 6.07) is 20.0. The van der Waals surface area contributed by atoms with Gasteiger partial charge >= 0.3 is 0 Å². The summed E-state index contributed by atoms with van der Waals surface area (Å²) in [7, 11) is 0. The van der Waals surface area contributed by atoms with Crippen molar-refractivity contribution in [2.24, 2.45) is 0 Å². The van der Waals surface area contributed by atoms with E-state index in [1.54, 1.807) is 0 Å². The zero-order valence-electron chi connectivity index (χ0n) is 10.3. The van der Waals surface area contributed by atoms with E-state index in [0.29, 0.717) is 5.82 Å². The first kappa shape index (κ1) is 11.4. The maximum Gasteiger partial charge on any atom is 0.135 e. The third-order valence-corrected chi connectivity index (χ3v) is 2.99. The highest BCUT2D eigenvalue weighted by molar-refractivity contribution is 5.86. The van der Waals surface area contributed by atoms with Crippen molar-refractivity contribution in [3.63, 3.8) is 0 Å². The van der Waals surface area contributed by atoms with Gasteiger partial charge in [-0.2, -0.15) is 0 Å². The Balaban J connectivity index is 2.25. The molecular formula is C16H13N3. The molecule has 1 aromatic heterocycles. The van der Waals surface area contributed by atoms with Crippen molar-refractivity contribution in [3.8, 4) is 22.4 Å². The number of benzene rings is 2. The fourth-order valence-corrected chi connectivity index (χ4v) is 2.10. The van der Waals surface area contributed by atoms with Crippen LogP contribution in [-0.4, -0.2) is 9.97 Å². The maximum absolute atomic E-state index is 6.04. The van der Waals surface area contributed by atoms with Crippen LogP contribution in [0.4, 0.5) is 5.82 Å². The lowest BCUT2D eigenvalue weighted by molar-refractivity contribution is 1.18. The quantitative estimate of drug-likeness (QED) is 0.755. The molecule has 0 atom stereocenters. The van der Waals surface area contributed by atoms with Crippen molar-refractivity contribution in [1.29, 1.82) is 0 Å². The fraction of sp³-hybridized carbons (Fsp3) is 0. The van der Waals surface area contributed by atoms with Crippen molar-refractivity contribution in [2.45, 2.75) is 0 Å². The van der Waals surface area contributed by atoms with E-state index in [1.165, 1.54) is 6.33 Å². The number of nitrogens with two attached hydrogens (primary N) is 1. The van der Waals surface area contributed by atoms with Crippen LogP contribution in [0.25, 0.3) is 22.4 Å². The van der Waals surface area contributed by atoms with E-state index in [4.69, 9.17) is 5.73 Å². The van der Waals surface area contributed by atoms with E-state index >= 15 is 0 Å². The molecular weight excluding hydrogens is 234 g/mol. The minimum Gasteiger partial charge on any atom is -0.383 e. The first-order chi connectivity index (χ1) is 9.36. The summed E-state index contributed by atoms with van der Waals surface area (Å²) >= 11 is 0. The second-order valence-electron chi connectivity index (χ2n) is 4.21. The summed E-state index contributed by atoms with van der Waals surface area (Å²) in [6.45, 7) is 0. The Bertz CT molecular complexity index is 679. The van der Waals surface area contributed by atoms with Gasteiger partial charge < -0.3 is 5.73 Å². The van der Waals surface area contributed by atoms with E-state index in [9.17, 15) is 0 Å². The van der Waals surface area contributed by atoms with Gasteiger partial charge in [-0.3, -0.25) is 0 Å². The van der Waals surface area contributed by atoms with Crippen LogP contribution in [-0.2, 0) is 0 Å². The Hall–Kier alpha value is -2.68. The van der Waals surface area contributed by atoms with E-state index in [2.05, 4.69) is 9.97 Å². The molecule has 0 saturated carbocycles. The zero-order chi connectivity index (χ0) is 13.1. The standard InChI is InChI=1S/C16H13N3/c17-16-14(12-7-3-1-4-8-12)15(18-11-19-16)13-9-5-2-6-10-13/h1-11H,(H2,17,18,19). The van der Waals surface area contributed by atoms with Crippen LogP contribution in [0, 0.1) is 0 Å². The average molecular weight is 247 g/mol. The van der Waals surface area contributed by atoms with Gasteiger partial charge in [0.2, 0.25) is 0 Å². The minimum atomic E-state index is 0.500.